The Balaban J connectivity index is 3.14. The summed E-state index contributed by atoms with van der Waals surface area (Å²) in [5, 5.41) is 18.7. The van der Waals surface area contributed by atoms with Gasteiger partial charge >= 0.3 is 0 Å². The van der Waals surface area contributed by atoms with Crippen LogP contribution in [0.5, 0.6) is 0 Å². The van der Waals surface area contributed by atoms with Crippen molar-refractivity contribution in [3.05, 3.63) is 29.8 Å². The molecule has 2 atom stereocenters. The molecule has 0 heterocycles. The second-order valence-corrected chi connectivity index (χ2v) is 6.92. The summed E-state index contributed by atoms with van der Waals surface area (Å²) in [7, 11) is -3.65. The monoisotopic (exact) mass is 310 g/mol. The third kappa shape index (κ3) is 4.27. The summed E-state index contributed by atoms with van der Waals surface area (Å²) in [4.78, 5) is 0.152. The smallest absolute Gasteiger partial charge is 0.243 e. The number of hydrogen-bond acceptors (Lipinski definition) is 4. The van der Waals surface area contributed by atoms with Gasteiger partial charge < -0.3 is 5.11 Å². The molecule has 21 heavy (non-hydrogen) atoms. The summed E-state index contributed by atoms with van der Waals surface area (Å²) >= 11 is 0. The van der Waals surface area contributed by atoms with E-state index < -0.39 is 16.1 Å². The third-order valence-electron chi connectivity index (χ3n) is 3.32. The van der Waals surface area contributed by atoms with Crippen LogP contribution in [0.1, 0.15) is 38.9 Å². The zero-order chi connectivity index (χ0) is 16.0. The summed E-state index contributed by atoms with van der Waals surface area (Å²) < 4.78 is 26.5. The van der Waals surface area contributed by atoms with E-state index in [2.05, 4.69) is 0 Å². The fourth-order valence-corrected chi connectivity index (χ4v) is 3.60. The van der Waals surface area contributed by atoms with Crippen LogP contribution in [-0.2, 0) is 10.0 Å². The molecule has 0 aliphatic heterocycles. The fourth-order valence-electron chi connectivity index (χ4n) is 2.01. The first kappa shape index (κ1) is 17.6. The van der Waals surface area contributed by atoms with Crippen molar-refractivity contribution in [2.75, 3.05) is 13.1 Å². The van der Waals surface area contributed by atoms with Gasteiger partial charge in [-0.2, -0.15) is 9.57 Å². The van der Waals surface area contributed by atoms with Crippen molar-refractivity contribution in [2.24, 2.45) is 5.92 Å². The highest BCUT2D eigenvalue weighted by Crippen LogP contribution is 2.22. The Morgan fingerprint density at radius 3 is 2.57 bits per heavy atom. The van der Waals surface area contributed by atoms with E-state index in [1.54, 1.807) is 26.0 Å². The molecule has 0 fully saturated rings. The predicted octanol–water partition coefficient (Wildman–Crippen LogP) is 2.30. The number of aliphatic hydroxyl groups excluding tert-OH is 1. The fraction of sp³-hybridized carbons (Fsp3) is 0.533. The molecule has 1 aromatic carbocycles. The lowest BCUT2D eigenvalue weighted by Crippen LogP contribution is -2.34. The molecule has 5 nitrogen and oxygen atoms in total. The Morgan fingerprint density at radius 2 is 2.05 bits per heavy atom. The molecule has 1 N–H and O–H groups in total. The Morgan fingerprint density at radius 1 is 1.38 bits per heavy atom. The molecule has 0 amide bonds. The van der Waals surface area contributed by atoms with E-state index in [0.717, 1.165) is 0 Å². The molecular weight excluding hydrogens is 288 g/mol. The third-order valence-corrected chi connectivity index (χ3v) is 5.25. The molecule has 0 aromatic heterocycles. The first-order valence-corrected chi connectivity index (χ1v) is 8.48. The molecule has 116 valence electrons. The van der Waals surface area contributed by atoms with Crippen LogP contribution >= 0.6 is 0 Å². The van der Waals surface area contributed by atoms with Crippen molar-refractivity contribution in [1.82, 2.24) is 4.31 Å². The van der Waals surface area contributed by atoms with Gasteiger partial charge in [-0.05, 0) is 31.0 Å². The second kappa shape index (κ2) is 7.55. The summed E-state index contributed by atoms with van der Waals surface area (Å²) in [6.07, 6.45) is -0.153. The Kier molecular flexibility index (Phi) is 6.34. The van der Waals surface area contributed by atoms with Crippen molar-refractivity contribution < 1.29 is 13.5 Å². The molecule has 0 saturated carbocycles. The van der Waals surface area contributed by atoms with Crippen LogP contribution in [0.4, 0.5) is 0 Å². The standard InChI is InChI=1S/C15H22N2O3S/c1-4-15(18)13-7-6-8-14(9-13)21(19,20)17(5-2)11-12(3)10-16/h6-9,12,15,18H,4-5,11H2,1-3H3. The summed E-state index contributed by atoms with van der Waals surface area (Å²) in [5.41, 5.74) is 0.586. The van der Waals surface area contributed by atoms with Crippen LogP contribution < -0.4 is 0 Å². The maximum Gasteiger partial charge on any atom is 0.243 e. The van der Waals surface area contributed by atoms with Crippen LogP contribution in [0.25, 0.3) is 0 Å². The average molecular weight is 310 g/mol. The number of sulfonamides is 1. The van der Waals surface area contributed by atoms with Gasteiger partial charge in [-0.15, -0.1) is 0 Å². The number of benzene rings is 1. The Labute approximate surface area is 126 Å². The van der Waals surface area contributed by atoms with Crippen molar-refractivity contribution >= 4 is 10.0 Å². The number of hydrogen-bond donors (Lipinski definition) is 1. The minimum absolute atomic E-state index is 0.152. The minimum Gasteiger partial charge on any atom is -0.388 e. The highest BCUT2D eigenvalue weighted by Gasteiger charge is 2.25. The largest absolute Gasteiger partial charge is 0.388 e. The van der Waals surface area contributed by atoms with Gasteiger partial charge in [0, 0.05) is 13.1 Å². The zero-order valence-electron chi connectivity index (χ0n) is 12.7. The zero-order valence-corrected chi connectivity index (χ0v) is 13.5. The molecule has 1 aromatic rings. The molecule has 0 bridgehead atoms. The highest BCUT2D eigenvalue weighted by molar-refractivity contribution is 7.89. The normalized spacial score (nSPS) is 14.7. The van der Waals surface area contributed by atoms with Gasteiger partial charge in [0.15, 0.2) is 0 Å². The molecule has 2 unspecified atom stereocenters. The summed E-state index contributed by atoms with van der Waals surface area (Å²) in [5.74, 6) is -0.371. The number of nitrogens with zero attached hydrogens (tertiary/aromatic N) is 2. The lowest BCUT2D eigenvalue weighted by molar-refractivity contribution is 0.173. The quantitative estimate of drug-likeness (QED) is 0.838. The van der Waals surface area contributed by atoms with E-state index in [-0.39, 0.29) is 17.4 Å². The van der Waals surface area contributed by atoms with E-state index >= 15 is 0 Å². The molecule has 6 heteroatoms. The molecule has 0 aliphatic carbocycles. The van der Waals surface area contributed by atoms with E-state index in [1.807, 2.05) is 13.0 Å². The van der Waals surface area contributed by atoms with E-state index in [0.29, 0.717) is 18.5 Å². The van der Waals surface area contributed by atoms with Crippen LogP contribution in [0, 0.1) is 17.2 Å². The molecule has 0 saturated heterocycles. The van der Waals surface area contributed by atoms with Gasteiger partial charge in [0.1, 0.15) is 0 Å². The SMILES string of the molecule is CCC(O)c1cccc(S(=O)(=O)N(CC)CC(C)C#N)c1. The summed E-state index contributed by atoms with van der Waals surface area (Å²) in [6, 6.07) is 8.40. The topological polar surface area (TPSA) is 81.4 Å². The first-order valence-electron chi connectivity index (χ1n) is 7.04. The minimum atomic E-state index is -3.65. The van der Waals surface area contributed by atoms with Gasteiger partial charge in [-0.1, -0.05) is 26.0 Å². The lowest BCUT2D eigenvalue weighted by Gasteiger charge is -2.22. The first-order chi connectivity index (χ1) is 9.86. The highest BCUT2D eigenvalue weighted by atomic mass is 32.2. The Bertz CT molecular complexity index is 608. The van der Waals surface area contributed by atoms with Crippen molar-refractivity contribution in [3.63, 3.8) is 0 Å². The second-order valence-electron chi connectivity index (χ2n) is 4.98. The number of aliphatic hydroxyl groups is 1. The van der Waals surface area contributed by atoms with Crippen molar-refractivity contribution in [3.8, 4) is 6.07 Å². The number of nitriles is 1. The van der Waals surface area contributed by atoms with E-state index in [9.17, 15) is 13.5 Å². The van der Waals surface area contributed by atoms with Crippen molar-refractivity contribution in [2.45, 2.75) is 38.2 Å². The maximum absolute atomic E-state index is 12.6. The van der Waals surface area contributed by atoms with Crippen LogP contribution in [0.3, 0.4) is 0 Å². The Hall–Kier alpha value is -1.42. The number of rotatable bonds is 7. The maximum atomic E-state index is 12.6. The molecule has 0 spiro atoms. The molecule has 0 aliphatic rings. The van der Waals surface area contributed by atoms with Gasteiger partial charge in [-0.3, -0.25) is 0 Å². The van der Waals surface area contributed by atoms with Crippen LogP contribution in [0.2, 0.25) is 0 Å². The van der Waals surface area contributed by atoms with E-state index in [4.69, 9.17) is 5.26 Å². The van der Waals surface area contributed by atoms with Gasteiger partial charge in [0.25, 0.3) is 0 Å². The molecular formula is C15H22N2O3S. The van der Waals surface area contributed by atoms with Crippen molar-refractivity contribution in [1.29, 1.82) is 5.26 Å². The predicted molar refractivity (Wildman–Crippen MR) is 80.9 cm³/mol. The van der Waals surface area contributed by atoms with E-state index in [1.165, 1.54) is 16.4 Å². The molecule has 1 rings (SSSR count). The van der Waals surface area contributed by atoms with Crippen LogP contribution in [0.15, 0.2) is 29.2 Å². The lowest BCUT2D eigenvalue weighted by atomic mass is 10.1. The van der Waals surface area contributed by atoms with Gasteiger partial charge in [0.05, 0.1) is 23.0 Å². The van der Waals surface area contributed by atoms with Gasteiger partial charge in [0.2, 0.25) is 10.0 Å². The van der Waals surface area contributed by atoms with Gasteiger partial charge in [-0.25, -0.2) is 8.42 Å². The average Bonchev–Trinajstić information content (AvgIpc) is 2.51. The van der Waals surface area contributed by atoms with Crippen LogP contribution in [-0.4, -0.2) is 30.9 Å². The molecule has 0 radical (unpaired) electrons. The summed E-state index contributed by atoms with van der Waals surface area (Å²) in [6.45, 7) is 5.73.